The van der Waals surface area contributed by atoms with Crippen LogP contribution in [0, 0.1) is 18.3 Å². The maximum Gasteiger partial charge on any atom is 0.135 e. The summed E-state index contributed by atoms with van der Waals surface area (Å²) in [5, 5.41) is 13.9. The van der Waals surface area contributed by atoms with Crippen LogP contribution in [-0.2, 0) is 13.0 Å². The van der Waals surface area contributed by atoms with E-state index in [-0.39, 0.29) is 0 Å². The number of thiol groups is 1. The minimum atomic E-state index is 0.794. The van der Waals surface area contributed by atoms with Crippen LogP contribution < -0.4 is 15.1 Å². The molecular formula is C25H31ClN6S. The number of fused-ring (bicyclic) bond motifs is 2. The van der Waals surface area contributed by atoms with Gasteiger partial charge in [0.15, 0.2) is 0 Å². The van der Waals surface area contributed by atoms with Gasteiger partial charge in [0.05, 0.1) is 23.3 Å². The normalized spacial score (nSPS) is 14.9. The first-order chi connectivity index (χ1) is 16.1. The van der Waals surface area contributed by atoms with Gasteiger partial charge in [-0.2, -0.15) is 17.9 Å². The first-order valence-corrected chi connectivity index (χ1v) is 12.4. The Kier molecular flexibility index (Phi) is 9.19. The van der Waals surface area contributed by atoms with E-state index in [1.165, 1.54) is 23.6 Å². The molecule has 174 valence electrons. The quantitative estimate of drug-likeness (QED) is 0.518. The zero-order chi connectivity index (χ0) is 23.8. The zero-order valence-electron chi connectivity index (χ0n) is 19.5. The number of nitriles is 1. The van der Waals surface area contributed by atoms with E-state index in [0.717, 1.165) is 73.4 Å². The molecule has 0 aliphatic carbocycles. The van der Waals surface area contributed by atoms with Crippen molar-refractivity contribution in [3.63, 3.8) is 0 Å². The molecule has 0 amide bonds. The molecule has 6 nitrogen and oxygen atoms in total. The number of hydrogen-bond acceptors (Lipinski definition) is 7. The second kappa shape index (κ2) is 12.1. The van der Waals surface area contributed by atoms with E-state index in [2.05, 4.69) is 52.0 Å². The number of nitrogens with one attached hydrogen (secondary N) is 1. The molecule has 33 heavy (non-hydrogen) atoms. The van der Waals surface area contributed by atoms with Gasteiger partial charge in [0, 0.05) is 56.3 Å². The second-order valence-electron chi connectivity index (χ2n) is 7.77. The van der Waals surface area contributed by atoms with Crippen LogP contribution in [0.1, 0.15) is 24.0 Å². The Morgan fingerprint density at radius 2 is 1.70 bits per heavy atom. The van der Waals surface area contributed by atoms with Crippen molar-refractivity contribution in [3.8, 4) is 6.07 Å². The molecule has 1 aromatic heterocycles. The topological polar surface area (TPSA) is 68.1 Å². The third-order valence-electron chi connectivity index (χ3n) is 5.74. The molecule has 2 aromatic carbocycles. The van der Waals surface area contributed by atoms with Gasteiger partial charge >= 0.3 is 0 Å². The van der Waals surface area contributed by atoms with E-state index in [0.29, 0.717) is 0 Å². The SMILES string of the molecule is CC#N.CS.Cc1nc2c(c(N3CCNCC3)n1)CCN(c1cccc3cccc(Cl)c13)C2. The van der Waals surface area contributed by atoms with E-state index in [4.69, 9.17) is 26.8 Å². The second-order valence-corrected chi connectivity index (χ2v) is 8.17. The summed E-state index contributed by atoms with van der Waals surface area (Å²) in [7, 11) is 0. The summed E-state index contributed by atoms with van der Waals surface area (Å²) in [6.45, 7) is 9.21. The summed E-state index contributed by atoms with van der Waals surface area (Å²) in [5.41, 5.74) is 3.65. The highest BCUT2D eigenvalue weighted by molar-refractivity contribution is 7.79. The number of anilines is 2. The lowest BCUT2D eigenvalue weighted by Crippen LogP contribution is -2.45. The standard InChI is InChI=1S/C22H24ClN5.C2H3N.CH4S/c1-15-25-19-14-28(20-7-3-5-16-4-2-6-18(23)21(16)20)11-8-17(19)22(26-15)27-12-9-24-10-13-27;1-2-3;1-2/h2-7,24H,8-14H2,1H3;1H3;2H,1H3. The highest BCUT2D eigenvalue weighted by atomic mass is 35.5. The van der Waals surface area contributed by atoms with Gasteiger partial charge in [-0.05, 0) is 37.1 Å². The monoisotopic (exact) mass is 482 g/mol. The number of nitrogens with zero attached hydrogens (tertiary/aromatic N) is 5. The summed E-state index contributed by atoms with van der Waals surface area (Å²) in [4.78, 5) is 14.5. The average molecular weight is 483 g/mol. The van der Waals surface area contributed by atoms with Crippen molar-refractivity contribution in [2.45, 2.75) is 26.8 Å². The van der Waals surface area contributed by atoms with E-state index in [1.807, 2.05) is 19.1 Å². The predicted octanol–water partition coefficient (Wildman–Crippen LogP) is 4.64. The van der Waals surface area contributed by atoms with Gasteiger partial charge < -0.3 is 15.1 Å². The van der Waals surface area contributed by atoms with E-state index in [1.54, 1.807) is 12.3 Å². The van der Waals surface area contributed by atoms with Crippen LogP contribution in [0.5, 0.6) is 0 Å². The summed E-state index contributed by atoms with van der Waals surface area (Å²) >= 11 is 10.1. The maximum atomic E-state index is 7.32. The Bertz CT molecular complexity index is 1120. The van der Waals surface area contributed by atoms with Crippen molar-refractivity contribution >= 4 is 46.5 Å². The minimum absolute atomic E-state index is 0.794. The Labute approximate surface area is 207 Å². The van der Waals surface area contributed by atoms with Crippen molar-refractivity contribution in [2.24, 2.45) is 0 Å². The fourth-order valence-electron chi connectivity index (χ4n) is 4.41. The number of aryl methyl sites for hydroxylation is 1. The highest BCUT2D eigenvalue weighted by Gasteiger charge is 2.26. The number of halogens is 1. The summed E-state index contributed by atoms with van der Waals surface area (Å²) < 4.78 is 0. The number of piperazine rings is 1. The van der Waals surface area contributed by atoms with Gasteiger partial charge in [0.1, 0.15) is 11.6 Å². The molecule has 3 aromatic rings. The van der Waals surface area contributed by atoms with E-state index in [9.17, 15) is 0 Å². The Hall–Kier alpha value is -2.53. The van der Waals surface area contributed by atoms with Crippen molar-refractivity contribution in [2.75, 3.05) is 48.8 Å². The summed E-state index contributed by atoms with van der Waals surface area (Å²) in [6.07, 6.45) is 2.65. The van der Waals surface area contributed by atoms with Gasteiger partial charge in [-0.3, -0.25) is 0 Å². The smallest absolute Gasteiger partial charge is 0.135 e. The predicted molar refractivity (Wildman–Crippen MR) is 142 cm³/mol. The number of aromatic nitrogens is 2. The molecule has 1 fully saturated rings. The zero-order valence-corrected chi connectivity index (χ0v) is 21.1. The molecule has 0 bridgehead atoms. The fraction of sp³-hybridized carbons (Fsp3) is 0.400. The average Bonchev–Trinajstić information content (AvgIpc) is 2.85. The molecular weight excluding hydrogens is 452 g/mol. The molecule has 5 rings (SSSR count). The Balaban J connectivity index is 0.000000569. The van der Waals surface area contributed by atoms with Gasteiger partial charge in [-0.15, -0.1) is 0 Å². The maximum absolute atomic E-state index is 7.32. The molecule has 8 heteroatoms. The van der Waals surface area contributed by atoms with Gasteiger partial charge in [-0.1, -0.05) is 35.9 Å². The number of hydrogen-bond donors (Lipinski definition) is 2. The lowest BCUT2D eigenvalue weighted by atomic mass is 10.0. The fourth-order valence-corrected chi connectivity index (χ4v) is 4.69. The molecule has 0 spiro atoms. The molecule has 3 heterocycles. The largest absolute Gasteiger partial charge is 0.365 e. The number of benzene rings is 2. The minimum Gasteiger partial charge on any atom is -0.365 e. The van der Waals surface area contributed by atoms with Crippen LogP contribution in [0.2, 0.25) is 5.02 Å². The Morgan fingerprint density at radius 3 is 2.39 bits per heavy atom. The molecule has 1 saturated heterocycles. The molecule has 1 N–H and O–H groups in total. The highest BCUT2D eigenvalue weighted by Crippen LogP contribution is 2.36. The molecule has 2 aliphatic heterocycles. The van der Waals surface area contributed by atoms with Crippen LogP contribution in [0.4, 0.5) is 11.5 Å². The first kappa shape index (κ1) is 25.1. The summed E-state index contributed by atoms with van der Waals surface area (Å²) in [5.74, 6) is 1.99. The first-order valence-electron chi connectivity index (χ1n) is 11.1. The van der Waals surface area contributed by atoms with Gasteiger partial charge in [0.2, 0.25) is 0 Å². The lowest BCUT2D eigenvalue weighted by molar-refractivity contribution is 0.578. The van der Waals surface area contributed by atoms with Crippen LogP contribution in [-0.4, -0.2) is 48.9 Å². The van der Waals surface area contributed by atoms with Crippen molar-refractivity contribution in [1.82, 2.24) is 15.3 Å². The molecule has 0 saturated carbocycles. The van der Waals surface area contributed by atoms with Crippen LogP contribution >= 0.6 is 24.2 Å². The van der Waals surface area contributed by atoms with Gasteiger partial charge in [0.25, 0.3) is 0 Å². The van der Waals surface area contributed by atoms with Crippen LogP contribution in [0.3, 0.4) is 0 Å². The van der Waals surface area contributed by atoms with Crippen LogP contribution in [0.15, 0.2) is 36.4 Å². The third kappa shape index (κ3) is 5.70. The van der Waals surface area contributed by atoms with E-state index >= 15 is 0 Å². The van der Waals surface area contributed by atoms with Crippen molar-refractivity contribution < 1.29 is 0 Å². The third-order valence-corrected chi connectivity index (χ3v) is 6.06. The van der Waals surface area contributed by atoms with E-state index < -0.39 is 0 Å². The number of rotatable bonds is 2. The van der Waals surface area contributed by atoms with Crippen molar-refractivity contribution in [3.05, 3.63) is 58.5 Å². The van der Waals surface area contributed by atoms with Crippen LogP contribution in [0.25, 0.3) is 10.8 Å². The molecule has 0 atom stereocenters. The Morgan fingerprint density at radius 1 is 1.03 bits per heavy atom. The molecule has 2 aliphatic rings. The van der Waals surface area contributed by atoms with Crippen molar-refractivity contribution in [1.29, 1.82) is 5.26 Å². The molecule has 0 radical (unpaired) electrons. The lowest BCUT2D eigenvalue weighted by Gasteiger charge is -2.35. The summed E-state index contributed by atoms with van der Waals surface area (Å²) in [6, 6.07) is 14.3. The molecule has 0 unspecified atom stereocenters. The van der Waals surface area contributed by atoms with Gasteiger partial charge in [-0.25, -0.2) is 9.97 Å².